The van der Waals surface area contributed by atoms with E-state index in [0.29, 0.717) is 13.0 Å². The van der Waals surface area contributed by atoms with Crippen molar-refractivity contribution in [1.29, 1.82) is 0 Å². The molecule has 1 aromatic heterocycles. The summed E-state index contributed by atoms with van der Waals surface area (Å²) in [4.78, 5) is 12.1. The third-order valence-corrected chi connectivity index (χ3v) is 3.06. The lowest BCUT2D eigenvalue weighted by molar-refractivity contribution is 0.194. The Hall–Kier alpha value is -1.07. The summed E-state index contributed by atoms with van der Waals surface area (Å²) in [5.74, 6) is 0. The Bertz CT molecular complexity index is 309. The average Bonchev–Trinajstić information content (AvgIpc) is 2.52. The number of nitrogens with one attached hydrogen (secondary N) is 1. The molecule has 0 aromatic carbocycles. The number of carbonyl (C=O) groups is 1. The molecule has 0 saturated carbocycles. The standard InChI is InChI=1S/C9H13NO3S/c1-6(11)8-3-2-7(14-8)4-5-10-9(12)13/h2-3,6,10-11H,4-5H2,1H3,(H,12,13). The fourth-order valence-electron chi connectivity index (χ4n) is 1.05. The number of aliphatic hydroxyl groups excluding tert-OH is 1. The SMILES string of the molecule is CC(O)c1ccc(CCNC(=O)O)s1. The molecule has 1 heterocycles. The van der Waals surface area contributed by atoms with Crippen LogP contribution in [0.2, 0.25) is 0 Å². The second-order valence-corrected chi connectivity index (χ2v) is 4.16. The van der Waals surface area contributed by atoms with Crippen LogP contribution in [0.15, 0.2) is 12.1 Å². The topological polar surface area (TPSA) is 69.6 Å². The van der Waals surface area contributed by atoms with Gasteiger partial charge >= 0.3 is 6.09 Å². The van der Waals surface area contributed by atoms with Crippen LogP contribution in [-0.2, 0) is 6.42 Å². The van der Waals surface area contributed by atoms with E-state index in [1.54, 1.807) is 6.92 Å². The highest BCUT2D eigenvalue weighted by Crippen LogP contribution is 2.22. The molecule has 1 unspecified atom stereocenters. The molecule has 3 N–H and O–H groups in total. The largest absolute Gasteiger partial charge is 0.465 e. The van der Waals surface area contributed by atoms with E-state index in [2.05, 4.69) is 5.32 Å². The zero-order valence-corrected chi connectivity index (χ0v) is 8.67. The van der Waals surface area contributed by atoms with Gasteiger partial charge in [0, 0.05) is 16.3 Å². The number of hydrogen-bond donors (Lipinski definition) is 3. The smallest absolute Gasteiger partial charge is 0.404 e. The minimum Gasteiger partial charge on any atom is -0.465 e. The Morgan fingerprint density at radius 3 is 2.86 bits per heavy atom. The van der Waals surface area contributed by atoms with Gasteiger partial charge in [-0.05, 0) is 25.5 Å². The summed E-state index contributed by atoms with van der Waals surface area (Å²) < 4.78 is 0. The summed E-state index contributed by atoms with van der Waals surface area (Å²) in [7, 11) is 0. The van der Waals surface area contributed by atoms with Crippen LogP contribution in [0.5, 0.6) is 0 Å². The van der Waals surface area contributed by atoms with Crippen molar-refractivity contribution < 1.29 is 15.0 Å². The molecular formula is C9H13NO3S. The zero-order valence-electron chi connectivity index (χ0n) is 7.86. The van der Waals surface area contributed by atoms with E-state index in [1.165, 1.54) is 11.3 Å². The van der Waals surface area contributed by atoms with Crippen molar-refractivity contribution in [3.05, 3.63) is 21.9 Å². The van der Waals surface area contributed by atoms with Crippen molar-refractivity contribution >= 4 is 17.4 Å². The Morgan fingerprint density at radius 2 is 2.36 bits per heavy atom. The van der Waals surface area contributed by atoms with Crippen LogP contribution in [0.1, 0.15) is 22.8 Å². The van der Waals surface area contributed by atoms with Crippen LogP contribution in [0.4, 0.5) is 4.79 Å². The summed E-state index contributed by atoms with van der Waals surface area (Å²) in [5.41, 5.74) is 0. The van der Waals surface area contributed by atoms with E-state index in [9.17, 15) is 9.90 Å². The first-order chi connectivity index (χ1) is 6.59. The molecule has 1 atom stereocenters. The van der Waals surface area contributed by atoms with Crippen molar-refractivity contribution in [2.75, 3.05) is 6.54 Å². The number of thiophene rings is 1. The minimum atomic E-state index is -1.00. The lowest BCUT2D eigenvalue weighted by atomic mass is 10.3. The van der Waals surface area contributed by atoms with Crippen LogP contribution in [0.3, 0.4) is 0 Å². The number of aliphatic hydroxyl groups is 1. The molecule has 0 spiro atoms. The van der Waals surface area contributed by atoms with E-state index in [4.69, 9.17) is 5.11 Å². The third-order valence-electron chi connectivity index (χ3n) is 1.74. The van der Waals surface area contributed by atoms with Gasteiger partial charge in [0.05, 0.1) is 6.10 Å². The second-order valence-electron chi connectivity index (χ2n) is 2.96. The molecule has 1 rings (SSSR count). The molecule has 78 valence electrons. The molecule has 0 bridgehead atoms. The van der Waals surface area contributed by atoms with Crippen LogP contribution < -0.4 is 5.32 Å². The molecule has 0 saturated heterocycles. The maximum Gasteiger partial charge on any atom is 0.404 e. The number of carboxylic acid groups (broad SMARTS) is 1. The molecule has 0 radical (unpaired) electrons. The Balaban J connectivity index is 2.40. The first-order valence-electron chi connectivity index (χ1n) is 4.33. The fraction of sp³-hybridized carbons (Fsp3) is 0.444. The maximum absolute atomic E-state index is 10.2. The van der Waals surface area contributed by atoms with Gasteiger partial charge in [0.25, 0.3) is 0 Å². The normalized spacial score (nSPS) is 12.4. The first kappa shape index (κ1) is 11.0. The molecule has 0 aliphatic carbocycles. The van der Waals surface area contributed by atoms with Gasteiger partial charge in [0.15, 0.2) is 0 Å². The summed E-state index contributed by atoms with van der Waals surface area (Å²) >= 11 is 1.51. The van der Waals surface area contributed by atoms with Gasteiger partial charge in [0.2, 0.25) is 0 Å². The van der Waals surface area contributed by atoms with Gasteiger partial charge in [-0.25, -0.2) is 4.79 Å². The van der Waals surface area contributed by atoms with Gasteiger partial charge in [-0.3, -0.25) is 0 Å². The molecule has 0 aliphatic heterocycles. The molecule has 14 heavy (non-hydrogen) atoms. The fourth-order valence-corrected chi connectivity index (χ4v) is 2.00. The Labute approximate surface area is 86.2 Å². The number of amides is 1. The maximum atomic E-state index is 10.2. The monoisotopic (exact) mass is 215 g/mol. The molecule has 0 fully saturated rings. The molecule has 4 nitrogen and oxygen atoms in total. The van der Waals surface area contributed by atoms with Crippen molar-refractivity contribution in [2.45, 2.75) is 19.4 Å². The highest BCUT2D eigenvalue weighted by molar-refractivity contribution is 7.12. The predicted molar refractivity (Wildman–Crippen MR) is 54.7 cm³/mol. The Kier molecular flexibility index (Phi) is 3.91. The van der Waals surface area contributed by atoms with Gasteiger partial charge in [-0.2, -0.15) is 0 Å². The molecule has 0 aliphatic rings. The molecule has 1 amide bonds. The molecule has 5 heteroatoms. The summed E-state index contributed by atoms with van der Waals surface area (Å²) in [5, 5.41) is 19.9. The zero-order chi connectivity index (χ0) is 10.6. The van der Waals surface area contributed by atoms with Crippen molar-refractivity contribution in [1.82, 2.24) is 5.32 Å². The van der Waals surface area contributed by atoms with Crippen LogP contribution in [0, 0.1) is 0 Å². The van der Waals surface area contributed by atoms with Gasteiger partial charge in [-0.1, -0.05) is 0 Å². The summed E-state index contributed by atoms with van der Waals surface area (Å²) in [6.45, 7) is 2.13. The highest BCUT2D eigenvalue weighted by atomic mass is 32.1. The van der Waals surface area contributed by atoms with E-state index in [-0.39, 0.29) is 0 Å². The highest BCUT2D eigenvalue weighted by Gasteiger charge is 2.05. The van der Waals surface area contributed by atoms with Gasteiger partial charge in [-0.15, -0.1) is 11.3 Å². The number of rotatable bonds is 4. The van der Waals surface area contributed by atoms with Gasteiger partial charge < -0.3 is 15.5 Å². The first-order valence-corrected chi connectivity index (χ1v) is 5.14. The van der Waals surface area contributed by atoms with E-state index in [1.807, 2.05) is 12.1 Å². The predicted octanol–water partition coefficient (Wildman–Crippen LogP) is 1.61. The van der Waals surface area contributed by atoms with Crippen molar-refractivity contribution in [2.24, 2.45) is 0 Å². The quantitative estimate of drug-likeness (QED) is 0.714. The lowest BCUT2D eigenvalue weighted by Crippen LogP contribution is -2.22. The van der Waals surface area contributed by atoms with E-state index >= 15 is 0 Å². The van der Waals surface area contributed by atoms with E-state index in [0.717, 1.165) is 9.75 Å². The van der Waals surface area contributed by atoms with Crippen molar-refractivity contribution in [3.63, 3.8) is 0 Å². The lowest BCUT2D eigenvalue weighted by Gasteiger charge is -1.99. The molecule has 1 aromatic rings. The number of hydrogen-bond acceptors (Lipinski definition) is 3. The van der Waals surface area contributed by atoms with Crippen LogP contribution >= 0.6 is 11.3 Å². The molecular weight excluding hydrogens is 202 g/mol. The van der Waals surface area contributed by atoms with Crippen LogP contribution in [-0.4, -0.2) is 22.9 Å². The van der Waals surface area contributed by atoms with E-state index < -0.39 is 12.2 Å². The minimum absolute atomic E-state index is 0.412. The summed E-state index contributed by atoms with van der Waals surface area (Å²) in [6.07, 6.45) is -0.776. The third kappa shape index (κ3) is 3.35. The van der Waals surface area contributed by atoms with Crippen molar-refractivity contribution in [3.8, 4) is 0 Å². The Morgan fingerprint density at radius 1 is 1.64 bits per heavy atom. The average molecular weight is 215 g/mol. The summed E-state index contributed by atoms with van der Waals surface area (Å²) in [6, 6.07) is 3.78. The second kappa shape index (κ2) is 4.97. The van der Waals surface area contributed by atoms with Gasteiger partial charge in [0.1, 0.15) is 0 Å². The van der Waals surface area contributed by atoms with Crippen LogP contribution in [0.25, 0.3) is 0 Å².